The van der Waals surface area contributed by atoms with Gasteiger partial charge in [0, 0.05) is 11.3 Å². The normalized spacial score (nSPS) is 10.3. The molecule has 1 aromatic carbocycles. The molecule has 0 saturated carbocycles. The molecule has 0 fully saturated rings. The Morgan fingerprint density at radius 3 is 2.53 bits per heavy atom. The molecule has 0 bridgehead atoms. The van der Waals surface area contributed by atoms with Gasteiger partial charge in [0.1, 0.15) is 5.69 Å². The smallest absolute Gasteiger partial charge is 0.223 e. The molecule has 0 spiro atoms. The standard InChI is InChI=1S/C10H7ClFN3/c11-10-14-5-8(12)9(15-10)6-1-3-7(13)4-2-6/h1-5H,13H2. The van der Waals surface area contributed by atoms with Crippen LogP contribution in [0.4, 0.5) is 10.1 Å². The van der Waals surface area contributed by atoms with Crippen LogP contribution in [0, 0.1) is 5.82 Å². The first-order valence-electron chi connectivity index (χ1n) is 4.21. The predicted molar refractivity (Wildman–Crippen MR) is 56.8 cm³/mol. The van der Waals surface area contributed by atoms with Gasteiger partial charge in [-0.05, 0) is 23.7 Å². The van der Waals surface area contributed by atoms with Gasteiger partial charge in [-0.2, -0.15) is 0 Å². The molecule has 0 saturated heterocycles. The van der Waals surface area contributed by atoms with E-state index in [9.17, 15) is 4.39 Å². The molecule has 0 amide bonds. The van der Waals surface area contributed by atoms with Gasteiger partial charge < -0.3 is 5.73 Å². The third kappa shape index (κ3) is 2.05. The molecule has 0 unspecified atom stereocenters. The first-order valence-corrected chi connectivity index (χ1v) is 4.58. The molecule has 2 rings (SSSR count). The predicted octanol–water partition coefficient (Wildman–Crippen LogP) is 2.52. The van der Waals surface area contributed by atoms with E-state index in [0.717, 1.165) is 6.20 Å². The van der Waals surface area contributed by atoms with Gasteiger partial charge >= 0.3 is 0 Å². The van der Waals surface area contributed by atoms with Crippen molar-refractivity contribution in [1.29, 1.82) is 0 Å². The minimum atomic E-state index is -0.510. The molecule has 5 heteroatoms. The Hall–Kier alpha value is -1.68. The number of halogens is 2. The van der Waals surface area contributed by atoms with E-state index in [1.807, 2.05) is 0 Å². The molecule has 3 nitrogen and oxygen atoms in total. The van der Waals surface area contributed by atoms with Crippen LogP contribution in [-0.2, 0) is 0 Å². The van der Waals surface area contributed by atoms with E-state index in [-0.39, 0.29) is 11.0 Å². The number of aromatic nitrogens is 2. The number of anilines is 1. The topological polar surface area (TPSA) is 51.8 Å². The lowest BCUT2D eigenvalue weighted by Gasteiger charge is -2.02. The van der Waals surface area contributed by atoms with Crippen LogP contribution >= 0.6 is 11.6 Å². The van der Waals surface area contributed by atoms with E-state index >= 15 is 0 Å². The van der Waals surface area contributed by atoms with Gasteiger partial charge in [0.25, 0.3) is 0 Å². The molecule has 1 heterocycles. The van der Waals surface area contributed by atoms with Crippen molar-refractivity contribution in [3.63, 3.8) is 0 Å². The minimum absolute atomic E-state index is 0.0169. The lowest BCUT2D eigenvalue weighted by atomic mass is 10.1. The molecule has 0 atom stereocenters. The third-order valence-electron chi connectivity index (χ3n) is 1.90. The number of nitrogens with two attached hydrogens (primary N) is 1. The van der Waals surface area contributed by atoms with Crippen molar-refractivity contribution in [2.45, 2.75) is 0 Å². The third-order valence-corrected chi connectivity index (χ3v) is 2.08. The number of benzene rings is 1. The van der Waals surface area contributed by atoms with Gasteiger partial charge in [-0.1, -0.05) is 12.1 Å². The first-order chi connectivity index (χ1) is 7.16. The number of nitrogen functional groups attached to an aromatic ring is 1. The van der Waals surface area contributed by atoms with E-state index in [1.165, 1.54) is 0 Å². The SMILES string of the molecule is Nc1ccc(-c2nc(Cl)ncc2F)cc1. The summed E-state index contributed by atoms with van der Waals surface area (Å²) < 4.78 is 13.3. The lowest BCUT2D eigenvalue weighted by molar-refractivity contribution is 0.618. The zero-order valence-corrected chi connectivity index (χ0v) is 8.37. The molecule has 0 aliphatic carbocycles. The van der Waals surface area contributed by atoms with Crippen molar-refractivity contribution in [2.24, 2.45) is 0 Å². The minimum Gasteiger partial charge on any atom is -0.399 e. The van der Waals surface area contributed by atoms with E-state index in [2.05, 4.69) is 9.97 Å². The largest absolute Gasteiger partial charge is 0.399 e. The molecule has 2 aromatic rings. The molecular formula is C10H7ClFN3. The van der Waals surface area contributed by atoms with Crippen molar-refractivity contribution in [2.75, 3.05) is 5.73 Å². The van der Waals surface area contributed by atoms with Crippen LogP contribution in [0.5, 0.6) is 0 Å². The number of hydrogen-bond donors (Lipinski definition) is 1. The molecular weight excluding hydrogens is 217 g/mol. The molecule has 15 heavy (non-hydrogen) atoms. The molecule has 76 valence electrons. The fraction of sp³-hybridized carbons (Fsp3) is 0. The molecule has 0 aliphatic rings. The summed E-state index contributed by atoms with van der Waals surface area (Å²) in [6.45, 7) is 0. The first kappa shape index (κ1) is 9.86. The highest BCUT2D eigenvalue weighted by atomic mass is 35.5. The second-order valence-corrected chi connectivity index (χ2v) is 3.30. The number of nitrogens with zero attached hydrogens (tertiary/aromatic N) is 2. The van der Waals surface area contributed by atoms with Crippen molar-refractivity contribution >= 4 is 17.3 Å². The second-order valence-electron chi connectivity index (χ2n) is 2.96. The summed E-state index contributed by atoms with van der Waals surface area (Å²) in [4.78, 5) is 7.35. The maximum atomic E-state index is 13.3. The van der Waals surface area contributed by atoms with Crippen molar-refractivity contribution in [3.05, 3.63) is 41.6 Å². The maximum absolute atomic E-state index is 13.3. The fourth-order valence-electron chi connectivity index (χ4n) is 1.19. The molecule has 1 aromatic heterocycles. The zero-order chi connectivity index (χ0) is 10.8. The van der Waals surface area contributed by atoms with Crippen LogP contribution < -0.4 is 5.73 Å². The monoisotopic (exact) mass is 223 g/mol. The average molecular weight is 224 g/mol. The van der Waals surface area contributed by atoms with Crippen LogP contribution in [-0.4, -0.2) is 9.97 Å². The van der Waals surface area contributed by atoms with Crippen molar-refractivity contribution in [1.82, 2.24) is 9.97 Å². The van der Waals surface area contributed by atoms with E-state index in [1.54, 1.807) is 24.3 Å². The van der Waals surface area contributed by atoms with E-state index in [4.69, 9.17) is 17.3 Å². The van der Waals surface area contributed by atoms with Crippen LogP contribution in [0.25, 0.3) is 11.3 Å². The van der Waals surface area contributed by atoms with Gasteiger partial charge in [-0.25, -0.2) is 14.4 Å². The van der Waals surface area contributed by atoms with E-state index < -0.39 is 5.82 Å². The fourth-order valence-corrected chi connectivity index (χ4v) is 1.32. The maximum Gasteiger partial charge on any atom is 0.223 e. The Labute approximate surface area is 90.7 Å². The lowest BCUT2D eigenvalue weighted by Crippen LogP contribution is -1.93. The van der Waals surface area contributed by atoms with Crippen LogP contribution in [0.2, 0.25) is 5.28 Å². The summed E-state index contributed by atoms with van der Waals surface area (Å²) >= 11 is 5.58. The summed E-state index contributed by atoms with van der Waals surface area (Å²) in [6, 6.07) is 6.70. The summed E-state index contributed by atoms with van der Waals surface area (Å²) in [6.07, 6.45) is 1.04. The average Bonchev–Trinajstić information content (AvgIpc) is 2.23. The Kier molecular flexibility index (Phi) is 2.51. The van der Waals surface area contributed by atoms with Crippen LogP contribution in [0.15, 0.2) is 30.5 Å². The highest BCUT2D eigenvalue weighted by Crippen LogP contribution is 2.21. The van der Waals surface area contributed by atoms with Gasteiger partial charge in [0.05, 0.1) is 6.20 Å². The van der Waals surface area contributed by atoms with Gasteiger partial charge in [-0.15, -0.1) is 0 Å². The van der Waals surface area contributed by atoms with Crippen molar-refractivity contribution in [3.8, 4) is 11.3 Å². The molecule has 0 radical (unpaired) electrons. The Bertz CT molecular complexity index is 485. The summed E-state index contributed by atoms with van der Waals surface area (Å²) in [7, 11) is 0. The van der Waals surface area contributed by atoms with Gasteiger partial charge in [0.15, 0.2) is 5.82 Å². The van der Waals surface area contributed by atoms with Crippen LogP contribution in [0.1, 0.15) is 0 Å². The highest BCUT2D eigenvalue weighted by Gasteiger charge is 2.07. The Morgan fingerprint density at radius 2 is 1.87 bits per heavy atom. The van der Waals surface area contributed by atoms with Crippen molar-refractivity contribution < 1.29 is 4.39 Å². The highest BCUT2D eigenvalue weighted by molar-refractivity contribution is 6.28. The zero-order valence-electron chi connectivity index (χ0n) is 7.61. The second kappa shape index (κ2) is 3.82. The summed E-state index contributed by atoms with van der Waals surface area (Å²) in [5, 5.41) is 0.0169. The summed E-state index contributed by atoms with van der Waals surface area (Å²) in [5.74, 6) is -0.510. The molecule has 0 aliphatic heterocycles. The van der Waals surface area contributed by atoms with E-state index in [0.29, 0.717) is 11.3 Å². The Balaban J connectivity index is 2.53. The summed E-state index contributed by atoms with van der Waals surface area (Å²) in [5.41, 5.74) is 6.92. The van der Waals surface area contributed by atoms with Crippen LogP contribution in [0.3, 0.4) is 0 Å². The quantitative estimate of drug-likeness (QED) is 0.597. The Morgan fingerprint density at radius 1 is 1.20 bits per heavy atom. The van der Waals surface area contributed by atoms with Gasteiger partial charge in [-0.3, -0.25) is 0 Å². The number of hydrogen-bond acceptors (Lipinski definition) is 3. The van der Waals surface area contributed by atoms with Gasteiger partial charge in [0.2, 0.25) is 5.28 Å². The number of rotatable bonds is 1. The molecule has 2 N–H and O–H groups in total.